The van der Waals surface area contributed by atoms with Crippen molar-refractivity contribution in [3.05, 3.63) is 78.4 Å². The van der Waals surface area contributed by atoms with Gasteiger partial charge in [0.25, 0.3) is 0 Å². The minimum absolute atomic E-state index is 0.117. The molecule has 24 heavy (non-hydrogen) atoms. The van der Waals surface area contributed by atoms with Crippen molar-refractivity contribution < 1.29 is 0 Å². The van der Waals surface area contributed by atoms with Crippen molar-refractivity contribution in [3.63, 3.8) is 0 Å². The van der Waals surface area contributed by atoms with Gasteiger partial charge in [-0.05, 0) is 55.4 Å². The molecule has 1 aromatic heterocycles. The highest BCUT2D eigenvalue weighted by atomic mass is 32.1. The molecule has 0 saturated heterocycles. The number of imidazole rings is 1. The molecule has 0 spiro atoms. The van der Waals surface area contributed by atoms with Crippen molar-refractivity contribution in [2.45, 2.75) is 19.9 Å². The van der Waals surface area contributed by atoms with Crippen LogP contribution in [0.5, 0.6) is 0 Å². The minimum atomic E-state index is 0.117. The van der Waals surface area contributed by atoms with Gasteiger partial charge in [-0.25, -0.2) is 4.98 Å². The second kappa shape index (κ2) is 7.27. The molecule has 2 N–H and O–H groups in total. The fourth-order valence-electron chi connectivity index (χ4n) is 2.50. The smallest absolute Gasteiger partial charge is 0.171 e. The third-order valence-electron chi connectivity index (χ3n) is 3.94. The van der Waals surface area contributed by atoms with Gasteiger partial charge in [0.15, 0.2) is 5.11 Å². The molecule has 1 heterocycles. The summed E-state index contributed by atoms with van der Waals surface area (Å²) < 4.78 is 1.98. The maximum absolute atomic E-state index is 5.43. The van der Waals surface area contributed by atoms with Crippen molar-refractivity contribution in [2.75, 3.05) is 5.32 Å². The number of nitrogens with zero attached hydrogens (tertiary/aromatic N) is 2. The summed E-state index contributed by atoms with van der Waals surface area (Å²) in [5.41, 5.74) is 4.45. The van der Waals surface area contributed by atoms with Crippen LogP contribution in [-0.2, 0) is 0 Å². The predicted octanol–water partition coefficient (Wildman–Crippen LogP) is 4.23. The number of hydrogen-bond donors (Lipinski definition) is 2. The molecule has 0 saturated carbocycles. The van der Waals surface area contributed by atoms with Gasteiger partial charge in [0.1, 0.15) is 0 Å². The minimum Gasteiger partial charge on any atom is -0.356 e. The van der Waals surface area contributed by atoms with E-state index in [1.54, 1.807) is 12.5 Å². The first-order chi connectivity index (χ1) is 11.6. The van der Waals surface area contributed by atoms with Gasteiger partial charge in [-0.15, -0.1) is 0 Å². The quantitative estimate of drug-likeness (QED) is 0.700. The molecule has 0 bridgehead atoms. The first-order valence-electron chi connectivity index (χ1n) is 7.85. The van der Waals surface area contributed by atoms with Crippen molar-refractivity contribution in [3.8, 4) is 5.69 Å². The van der Waals surface area contributed by atoms with E-state index in [1.807, 2.05) is 29.0 Å². The lowest BCUT2D eigenvalue weighted by Gasteiger charge is -2.18. The number of aromatic nitrogens is 2. The van der Waals surface area contributed by atoms with Gasteiger partial charge >= 0.3 is 0 Å². The standard InChI is InChI=1S/C19H20N4S/c1-14-5-3-4-6-18(14)22-19(24)21-15(2)16-7-9-17(10-8-16)23-12-11-20-13-23/h3-13,15H,1-2H3,(H2,21,22,24)/t15-/m0/s1. The van der Waals surface area contributed by atoms with E-state index < -0.39 is 0 Å². The van der Waals surface area contributed by atoms with E-state index in [2.05, 4.69) is 59.8 Å². The van der Waals surface area contributed by atoms with Crippen LogP contribution in [0.15, 0.2) is 67.3 Å². The van der Waals surface area contributed by atoms with Crippen LogP contribution in [0.2, 0.25) is 0 Å². The lowest BCUT2D eigenvalue weighted by molar-refractivity contribution is 0.722. The second-order valence-electron chi connectivity index (χ2n) is 5.70. The molecule has 0 aliphatic rings. The average Bonchev–Trinajstić information content (AvgIpc) is 3.11. The van der Waals surface area contributed by atoms with Crippen LogP contribution in [0.25, 0.3) is 5.69 Å². The fraction of sp³-hybridized carbons (Fsp3) is 0.158. The van der Waals surface area contributed by atoms with Crippen LogP contribution in [-0.4, -0.2) is 14.7 Å². The van der Waals surface area contributed by atoms with E-state index >= 15 is 0 Å². The zero-order valence-electron chi connectivity index (χ0n) is 13.7. The summed E-state index contributed by atoms with van der Waals surface area (Å²) in [5, 5.41) is 7.20. The Kier molecular flexibility index (Phi) is 4.91. The summed E-state index contributed by atoms with van der Waals surface area (Å²) >= 11 is 5.43. The Morgan fingerprint density at radius 3 is 2.54 bits per heavy atom. The molecular formula is C19H20N4S. The molecule has 0 unspecified atom stereocenters. The van der Waals surface area contributed by atoms with Crippen LogP contribution in [0.4, 0.5) is 5.69 Å². The topological polar surface area (TPSA) is 41.9 Å². The third kappa shape index (κ3) is 3.81. The van der Waals surface area contributed by atoms with E-state index in [1.165, 1.54) is 11.1 Å². The fourth-order valence-corrected chi connectivity index (χ4v) is 2.79. The van der Waals surface area contributed by atoms with Gasteiger partial charge in [0.05, 0.1) is 12.4 Å². The molecule has 4 nitrogen and oxygen atoms in total. The number of anilines is 1. The van der Waals surface area contributed by atoms with Gasteiger partial charge in [-0.1, -0.05) is 30.3 Å². The summed E-state index contributed by atoms with van der Waals surface area (Å²) in [7, 11) is 0. The zero-order chi connectivity index (χ0) is 16.9. The Hall–Kier alpha value is -2.66. The maximum Gasteiger partial charge on any atom is 0.171 e. The Labute approximate surface area is 147 Å². The maximum atomic E-state index is 5.43. The molecule has 122 valence electrons. The van der Waals surface area contributed by atoms with Gasteiger partial charge in [0, 0.05) is 23.8 Å². The Bertz CT molecular complexity index is 810. The van der Waals surface area contributed by atoms with E-state index in [-0.39, 0.29) is 6.04 Å². The second-order valence-corrected chi connectivity index (χ2v) is 6.10. The molecule has 3 aromatic rings. The molecule has 0 aliphatic carbocycles. The van der Waals surface area contributed by atoms with Crippen LogP contribution < -0.4 is 10.6 Å². The van der Waals surface area contributed by atoms with Crippen molar-refractivity contribution in [2.24, 2.45) is 0 Å². The molecule has 0 fully saturated rings. The molecular weight excluding hydrogens is 316 g/mol. The van der Waals surface area contributed by atoms with Crippen LogP contribution in [0, 0.1) is 6.92 Å². The van der Waals surface area contributed by atoms with Gasteiger partial charge in [-0.2, -0.15) is 0 Å². The van der Waals surface area contributed by atoms with E-state index in [0.717, 1.165) is 11.4 Å². The first kappa shape index (κ1) is 16.2. The first-order valence-corrected chi connectivity index (χ1v) is 8.26. The van der Waals surface area contributed by atoms with Crippen molar-refractivity contribution >= 4 is 23.0 Å². The number of benzene rings is 2. The third-order valence-corrected chi connectivity index (χ3v) is 4.16. The lowest BCUT2D eigenvalue weighted by Crippen LogP contribution is -2.31. The predicted molar refractivity (Wildman–Crippen MR) is 103 cm³/mol. The number of hydrogen-bond acceptors (Lipinski definition) is 2. The van der Waals surface area contributed by atoms with Crippen molar-refractivity contribution in [1.82, 2.24) is 14.9 Å². The Balaban J connectivity index is 1.63. The summed E-state index contributed by atoms with van der Waals surface area (Å²) in [6, 6.07) is 16.6. The van der Waals surface area contributed by atoms with E-state index in [9.17, 15) is 0 Å². The van der Waals surface area contributed by atoms with E-state index in [0.29, 0.717) is 5.11 Å². The Morgan fingerprint density at radius 2 is 1.88 bits per heavy atom. The molecule has 0 radical (unpaired) electrons. The molecule has 3 rings (SSSR count). The normalized spacial score (nSPS) is 11.8. The summed E-state index contributed by atoms with van der Waals surface area (Å²) in [6.45, 7) is 4.15. The molecule has 2 aromatic carbocycles. The summed E-state index contributed by atoms with van der Waals surface area (Å²) in [5.74, 6) is 0. The number of aryl methyl sites for hydroxylation is 1. The number of thiocarbonyl (C=S) groups is 1. The highest BCUT2D eigenvalue weighted by molar-refractivity contribution is 7.80. The largest absolute Gasteiger partial charge is 0.356 e. The monoisotopic (exact) mass is 336 g/mol. The summed E-state index contributed by atoms with van der Waals surface area (Å²) in [4.78, 5) is 4.07. The highest BCUT2D eigenvalue weighted by Crippen LogP contribution is 2.17. The van der Waals surface area contributed by atoms with Gasteiger partial charge in [-0.3, -0.25) is 0 Å². The SMILES string of the molecule is Cc1ccccc1NC(=S)N[C@@H](C)c1ccc(-n2ccnc2)cc1. The molecule has 0 aliphatic heterocycles. The van der Waals surface area contributed by atoms with Crippen molar-refractivity contribution in [1.29, 1.82) is 0 Å². The lowest BCUT2D eigenvalue weighted by atomic mass is 10.1. The van der Waals surface area contributed by atoms with E-state index in [4.69, 9.17) is 12.2 Å². The average molecular weight is 336 g/mol. The van der Waals surface area contributed by atoms with Gasteiger partial charge < -0.3 is 15.2 Å². The Morgan fingerprint density at radius 1 is 1.12 bits per heavy atom. The number of rotatable bonds is 4. The van der Waals surface area contributed by atoms with Gasteiger partial charge in [0.2, 0.25) is 0 Å². The molecule has 1 atom stereocenters. The van der Waals surface area contributed by atoms with Crippen LogP contribution in [0.3, 0.4) is 0 Å². The van der Waals surface area contributed by atoms with Crippen LogP contribution >= 0.6 is 12.2 Å². The molecule has 5 heteroatoms. The van der Waals surface area contributed by atoms with Crippen LogP contribution in [0.1, 0.15) is 24.1 Å². The number of nitrogens with one attached hydrogen (secondary N) is 2. The zero-order valence-corrected chi connectivity index (χ0v) is 14.5. The number of para-hydroxylation sites is 1. The molecule has 0 amide bonds. The summed E-state index contributed by atoms with van der Waals surface area (Å²) in [6.07, 6.45) is 5.49. The highest BCUT2D eigenvalue weighted by Gasteiger charge is 2.08.